The average Bonchev–Trinajstić information content (AvgIpc) is 2.46. The van der Waals surface area contributed by atoms with E-state index < -0.39 is 0 Å². The van der Waals surface area contributed by atoms with Crippen LogP contribution in [-0.4, -0.2) is 29.9 Å². The smallest absolute Gasteiger partial charge is 0.225 e. The van der Waals surface area contributed by atoms with Crippen molar-refractivity contribution < 1.29 is 4.79 Å². The molecule has 2 rings (SSSR count). The molecule has 1 fully saturated rings. The van der Waals surface area contributed by atoms with Crippen molar-refractivity contribution in [2.45, 2.75) is 46.1 Å². The molecular weight excluding hydrogens is 272 g/mol. The van der Waals surface area contributed by atoms with Crippen LogP contribution >= 0.6 is 0 Å². The molecule has 0 aliphatic carbocycles. The van der Waals surface area contributed by atoms with Crippen molar-refractivity contribution in [1.29, 1.82) is 0 Å². The number of rotatable bonds is 5. The van der Waals surface area contributed by atoms with E-state index in [1.807, 2.05) is 18.7 Å². The van der Waals surface area contributed by atoms with Crippen LogP contribution in [0.3, 0.4) is 0 Å². The Hall–Kier alpha value is -1.77. The summed E-state index contributed by atoms with van der Waals surface area (Å²) < 4.78 is 0. The summed E-state index contributed by atoms with van der Waals surface area (Å²) in [4.78, 5) is 14.4. The maximum atomic E-state index is 12.4. The summed E-state index contributed by atoms with van der Waals surface area (Å²) >= 11 is 0. The molecule has 0 spiro atoms. The molecule has 1 N–H and O–H groups in total. The minimum absolute atomic E-state index is 0.0544. The van der Waals surface area contributed by atoms with E-state index in [4.69, 9.17) is 0 Å². The summed E-state index contributed by atoms with van der Waals surface area (Å²) in [7, 11) is 0. The molecule has 1 heterocycles. The molecule has 1 aromatic carbocycles. The van der Waals surface area contributed by atoms with Gasteiger partial charge < -0.3 is 10.2 Å². The van der Waals surface area contributed by atoms with E-state index >= 15 is 0 Å². The number of benzene rings is 1. The molecule has 22 heavy (non-hydrogen) atoms. The van der Waals surface area contributed by atoms with Gasteiger partial charge in [-0.1, -0.05) is 24.6 Å². The highest BCUT2D eigenvalue weighted by molar-refractivity contribution is 5.78. The molecule has 1 aromatic rings. The lowest BCUT2D eigenvalue weighted by Gasteiger charge is -2.34. The van der Waals surface area contributed by atoms with Gasteiger partial charge in [-0.25, -0.2) is 0 Å². The number of carbonyl (C=O) groups excluding carboxylic acids is 1. The molecule has 1 atom stereocenters. The lowest BCUT2D eigenvalue weighted by molar-refractivity contribution is -0.135. The van der Waals surface area contributed by atoms with Crippen molar-refractivity contribution in [2.24, 2.45) is 5.92 Å². The normalized spacial score (nSPS) is 17.1. The number of likely N-dealkylation sites (tertiary alicyclic amines) is 1. The number of hydrogen-bond donors (Lipinski definition) is 1. The number of carbonyl (C=O) groups is 1. The first-order chi connectivity index (χ1) is 10.5. The number of aryl methyl sites for hydroxylation is 1. The van der Waals surface area contributed by atoms with Gasteiger partial charge in [0.05, 0.1) is 0 Å². The second-order valence-electron chi connectivity index (χ2n) is 6.68. The fraction of sp³-hybridized carbons (Fsp3) is 0.526. The van der Waals surface area contributed by atoms with Crippen molar-refractivity contribution in [3.63, 3.8) is 0 Å². The molecule has 1 saturated heterocycles. The van der Waals surface area contributed by atoms with E-state index in [0.29, 0.717) is 6.04 Å². The number of anilines is 1. The Balaban J connectivity index is 1.82. The molecule has 120 valence electrons. The Kier molecular flexibility index (Phi) is 5.64. The minimum atomic E-state index is 0.0544. The molecule has 1 amide bonds. The largest absolute Gasteiger partial charge is 0.382 e. The van der Waals surface area contributed by atoms with Crippen molar-refractivity contribution in [1.82, 2.24) is 4.90 Å². The fourth-order valence-corrected chi connectivity index (χ4v) is 3.14. The first-order valence-electron chi connectivity index (χ1n) is 8.22. The number of nitrogens with zero attached hydrogens (tertiary/aromatic N) is 1. The summed E-state index contributed by atoms with van der Waals surface area (Å²) in [5, 5.41) is 3.59. The van der Waals surface area contributed by atoms with E-state index in [-0.39, 0.29) is 11.8 Å². The molecule has 0 bridgehead atoms. The third-order valence-electron chi connectivity index (χ3n) is 4.27. The monoisotopic (exact) mass is 300 g/mol. The number of allylic oxidation sites excluding steroid dienone is 1. The number of nitrogens with one attached hydrogen (secondary N) is 1. The van der Waals surface area contributed by atoms with Crippen LogP contribution in [0.25, 0.3) is 0 Å². The van der Waals surface area contributed by atoms with Crippen LogP contribution in [0.2, 0.25) is 0 Å². The summed E-state index contributed by atoms with van der Waals surface area (Å²) in [6.45, 7) is 11.7. The Morgan fingerprint density at radius 3 is 2.68 bits per heavy atom. The molecule has 3 nitrogen and oxygen atoms in total. The second-order valence-corrected chi connectivity index (χ2v) is 6.68. The molecule has 1 aliphatic rings. The molecule has 1 aliphatic heterocycles. The highest BCUT2D eigenvalue weighted by atomic mass is 16.2. The van der Waals surface area contributed by atoms with Gasteiger partial charge in [-0.15, -0.1) is 6.58 Å². The number of amides is 1. The van der Waals surface area contributed by atoms with Crippen LogP contribution in [0.15, 0.2) is 36.4 Å². The zero-order valence-corrected chi connectivity index (χ0v) is 14.1. The summed E-state index contributed by atoms with van der Waals surface area (Å²) in [6, 6.07) is 8.93. The third-order valence-corrected chi connectivity index (χ3v) is 4.27. The summed E-state index contributed by atoms with van der Waals surface area (Å²) in [6.07, 6.45) is 2.82. The van der Waals surface area contributed by atoms with Gasteiger partial charge in [0.25, 0.3) is 0 Å². The Morgan fingerprint density at radius 2 is 2.09 bits per heavy atom. The van der Waals surface area contributed by atoms with Crippen LogP contribution in [0, 0.1) is 12.8 Å². The fourth-order valence-electron chi connectivity index (χ4n) is 3.14. The van der Waals surface area contributed by atoms with E-state index in [1.54, 1.807) is 0 Å². The molecule has 0 radical (unpaired) electrons. The van der Waals surface area contributed by atoms with Crippen molar-refractivity contribution in [3.8, 4) is 0 Å². The van der Waals surface area contributed by atoms with Gasteiger partial charge >= 0.3 is 0 Å². The van der Waals surface area contributed by atoms with Gasteiger partial charge in [-0.3, -0.25) is 4.79 Å². The van der Waals surface area contributed by atoms with E-state index in [0.717, 1.165) is 37.9 Å². The van der Waals surface area contributed by atoms with Crippen molar-refractivity contribution in [2.75, 3.05) is 18.4 Å². The highest BCUT2D eigenvalue weighted by Crippen LogP contribution is 2.20. The van der Waals surface area contributed by atoms with E-state index in [2.05, 4.69) is 43.1 Å². The van der Waals surface area contributed by atoms with Crippen LogP contribution < -0.4 is 5.32 Å². The van der Waals surface area contributed by atoms with Gasteiger partial charge in [-0.2, -0.15) is 0 Å². The Morgan fingerprint density at radius 1 is 1.41 bits per heavy atom. The molecule has 0 saturated carbocycles. The maximum Gasteiger partial charge on any atom is 0.225 e. The topological polar surface area (TPSA) is 32.3 Å². The zero-order valence-electron chi connectivity index (χ0n) is 14.1. The van der Waals surface area contributed by atoms with E-state index in [1.165, 1.54) is 11.3 Å². The molecule has 3 heteroatoms. The zero-order chi connectivity index (χ0) is 16.1. The predicted octanol–water partition coefficient (Wildman–Crippen LogP) is 4.00. The van der Waals surface area contributed by atoms with Crippen LogP contribution in [0.1, 0.15) is 38.7 Å². The Labute approximate surface area is 134 Å². The maximum absolute atomic E-state index is 12.4. The first kappa shape index (κ1) is 16.6. The van der Waals surface area contributed by atoms with Crippen molar-refractivity contribution in [3.05, 3.63) is 42.0 Å². The molecule has 0 aromatic heterocycles. The number of hydrogen-bond acceptors (Lipinski definition) is 2. The van der Waals surface area contributed by atoms with Crippen LogP contribution in [0.4, 0.5) is 5.69 Å². The molecular formula is C19H28N2O. The minimum Gasteiger partial charge on any atom is -0.382 e. The standard InChI is InChI=1S/C19H28N2O/c1-14(2)12-16(4)19(22)21-10-8-17(9-11-21)20-18-7-5-6-15(3)13-18/h5-7,13,16-17,20H,1,8-12H2,2-4H3. The number of piperidine rings is 1. The first-order valence-corrected chi connectivity index (χ1v) is 8.22. The van der Waals surface area contributed by atoms with Gasteiger partial charge in [0.1, 0.15) is 0 Å². The quantitative estimate of drug-likeness (QED) is 0.834. The highest BCUT2D eigenvalue weighted by Gasteiger charge is 2.25. The second kappa shape index (κ2) is 7.48. The Bertz CT molecular complexity index is 530. The van der Waals surface area contributed by atoms with Crippen LogP contribution in [-0.2, 0) is 4.79 Å². The predicted molar refractivity (Wildman–Crippen MR) is 93.0 cm³/mol. The van der Waals surface area contributed by atoms with Crippen LogP contribution in [0.5, 0.6) is 0 Å². The van der Waals surface area contributed by atoms with Gasteiger partial charge in [0.2, 0.25) is 5.91 Å². The summed E-state index contributed by atoms with van der Waals surface area (Å²) in [5.41, 5.74) is 3.53. The average molecular weight is 300 g/mol. The van der Waals surface area contributed by atoms with Gasteiger partial charge in [-0.05, 0) is 50.8 Å². The van der Waals surface area contributed by atoms with Crippen molar-refractivity contribution >= 4 is 11.6 Å². The lowest BCUT2D eigenvalue weighted by atomic mass is 9.98. The van der Waals surface area contributed by atoms with Gasteiger partial charge in [0.15, 0.2) is 0 Å². The SMILES string of the molecule is C=C(C)CC(C)C(=O)N1CCC(Nc2cccc(C)c2)CC1. The van der Waals surface area contributed by atoms with E-state index in [9.17, 15) is 4.79 Å². The third kappa shape index (κ3) is 4.62. The summed E-state index contributed by atoms with van der Waals surface area (Å²) in [5.74, 6) is 0.329. The molecule has 1 unspecified atom stereocenters. The lowest BCUT2D eigenvalue weighted by Crippen LogP contribution is -2.44. The van der Waals surface area contributed by atoms with Gasteiger partial charge in [0, 0.05) is 30.7 Å².